The molecule has 2 aliphatic heterocycles. The van der Waals surface area contributed by atoms with Gasteiger partial charge in [0.15, 0.2) is 12.3 Å². The van der Waals surface area contributed by atoms with Crippen LogP contribution in [-0.2, 0) is 17.1 Å². The van der Waals surface area contributed by atoms with Crippen molar-refractivity contribution >= 4 is 29.1 Å². The number of carbonyl (C=O) groups excluding carboxylic acids is 2. The third-order valence-corrected chi connectivity index (χ3v) is 5.84. The van der Waals surface area contributed by atoms with Crippen molar-refractivity contribution in [2.75, 3.05) is 11.9 Å². The van der Waals surface area contributed by atoms with Crippen molar-refractivity contribution in [1.82, 2.24) is 4.90 Å². The van der Waals surface area contributed by atoms with E-state index in [0.29, 0.717) is 38.7 Å². The quantitative estimate of drug-likeness (QED) is 0.679. The van der Waals surface area contributed by atoms with Crippen LogP contribution >= 0.6 is 11.6 Å². The summed E-state index contributed by atoms with van der Waals surface area (Å²) in [5.74, 6) is -0.0642. The van der Waals surface area contributed by atoms with E-state index in [1.54, 1.807) is 48.5 Å². The number of nitrogens with one attached hydrogen (secondary N) is 1. The summed E-state index contributed by atoms with van der Waals surface area (Å²) in [6.45, 7) is 0.0557. The number of ether oxygens (including phenoxy) is 1. The highest BCUT2D eigenvalue weighted by Gasteiger charge is 2.50. The van der Waals surface area contributed by atoms with E-state index >= 15 is 0 Å². The first-order chi connectivity index (χ1) is 14.5. The molecule has 2 heterocycles. The predicted molar refractivity (Wildman–Crippen MR) is 111 cm³/mol. The number of hydrogen-bond donors (Lipinski definition) is 2. The second-order valence-electron chi connectivity index (χ2n) is 7.25. The number of aliphatic hydroxyl groups is 1. The molecule has 2 aliphatic rings. The molecule has 0 aliphatic carbocycles. The van der Waals surface area contributed by atoms with Gasteiger partial charge in [-0.1, -0.05) is 54.1 Å². The number of fused-ring (bicyclic) bond motifs is 2. The summed E-state index contributed by atoms with van der Waals surface area (Å²) in [7, 11) is 0. The average molecular weight is 421 g/mol. The first-order valence-electron chi connectivity index (χ1n) is 9.43. The van der Waals surface area contributed by atoms with Crippen LogP contribution in [0.25, 0.3) is 0 Å². The van der Waals surface area contributed by atoms with Gasteiger partial charge in [0.25, 0.3) is 11.8 Å². The fourth-order valence-corrected chi connectivity index (χ4v) is 4.20. The Labute approximate surface area is 177 Å². The summed E-state index contributed by atoms with van der Waals surface area (Å²) in [6.07, 6.45) is 0. The number of benzene rings is 3. The molecule has 150 valence electrons. The SMILES string of the molecule is O=C1COc2ccc(C3(O)c4ccccc4C(=O)N3Cc3ccccc3Cl)cc2N1. The molecule has 7 heteroatoms. The Morgan fingerprint density at radius 2 is 1.83 bits per heavy atom. The van der Waals surface area contributed by atoms with E-state index < -0.39 is 5.72 Å². The van der Waals surface area contributed by atoms with Gasteiger partial charge in [-0.2, -0.15) is 0 Å². The van der Waals surface area contributed by atoms with Crippen molar-refractivity contribution < 1.29 is 19.4 Å². The Balaban J connectivity index is 1.66. The molecule has 0 saturated heterocycles. The van der Waals surface area contributed by atoms with Crippen LogP contribution in [-0.4, -0.2) is 28.4 Å². The molecule has 1 atom stereocenters. The van der Waals surface area contributed by atoms with Gasteiger partial charge in [0, 0.05) is 21.7 Å². The van der Waals surface area contributed by atoms with Crippen molar-refractivity contribution in [1.29, 1.82) is 0 Å². The van der Waals surface area contributed by atoms with Gasteiger partial charge in [0.2, 0.25) is 0 Å². The first-order valence-corrected chi connectivity index (χ1v) is 9.80. The van der Waals surface area contributed by atoms with E-state index in [4.69, 9.17) is 16.3 Å². The highest BCUT2D eigenvalue weighted by atomic mass is 35.5. The summed E-state index contributed by atoms with van der Waals surface area (Å²) < 4.78 is 5.42. The lowest BCUT2D eigenvalue weighted by atomic mass is 9.93. The standard InChI is InChI=1S/C23H17ClN2O4/c24-18-8-4-1-5-14(18)12-26-22(28)16-6-2-3-7-17(16)23(26,29)15-9-10-20-19(11-15)25-21(27)13-30-20/h1-11,29H,12-13H2,(H,25,27). The Hall–Kier alpha value is -3.35. The smallest absolute Gasteiger partial charge is 0.262 e. The molecule has 3 aromatic rings. The number of hydrogen-bond acceptors (Lipinski definition) is 4. The molecule has 1 unspecified atom stereocenters. The number of anilines is 1. The highest BCUT2D eigenvalue weighted by molar-refractivity contribution is 6.31. The molecular formula is C23H17ClN2O4. The van der Waals surface area contributed by atoms with E-state index in [9.17, 15) is 14.7 Å². The van der Waals surface area contributed by atoms with Crippen molar-refractivity contribution in [3.63, 3.8) is 0 Å². The van der Waals surface area contributed by atoms with Gasteiger partial charge in [-0.25, -0.2) is 0 Å². The highest BCUT2D eigenvalue weighted by Crippen LogP contribution is 2.45. The largest absolute Gasteiger partial charge is 0.482 e. The molecule has 6 nitrogen and oxygen atoms in total. The second-order valence-corrected chi connectivity index (χ2v) is 7.66. The van der Waals surface area contributed by atoms with E-state index in [-0.39, 0.29) is 25.0 Å². The fraction of sp³-hybridized carbons (Fsp3) is 0.130. The predicted octanol–water partition coefficient (Wildman–Crippen LogP) is 3.52. The minimum atomic E-state index is -1.73. The zero-order valence-electron chi connectivity index (χ0n) is 15.8. The van der Waals surface area contributed by atoms with Gasteiger partial charge in [0.05, 0.1) is 12.2 Å². The van der Waals surface area contributed by atoms with E-state index in [0.717, 1.165) is 0 Å². The lowest BCUT2D eigenvalue weighted by molar-refractivity contribution is -0.118. The van der Waals surface area contributed by atoms with Crippen LogP contribution < -0.4 is 10.1 Å². The Kier molecular flexibility index (Phi) is 4.27. The summed E-state index contributed by atoms with van der Waals surface area (Å²) in [5.41, 5.74) is 0.775. The molecule has 0 saturated carbocycles. The van der Waals surface area contributed by atoms with E-state index in [2.05, 4.69) is 5.32 Å². The molecule has 2 N–H and O–H groups in total. The Morgan fingerprint density at radius 3 is 2.67 bits per heavy atom. The maximum absolute atomic E-state index is 13.3. The maximum atomic E-state index is 13.3. The molecule has 5 rings (SSSR count). The van der Waals surface area contributed by atoms with Crippen molar-refractivity contribution in [2.24, 2.45) is 0 Å². The van der Waals surface area contributed by atoms with E-state index in [1.807, 2.05) is 18.2 Å². The number of rotatable bonds is 3. The molecule has 30 heavy (non-hydrogen) atoms. The average Bonchev–Trinajstić information content (AvgIpc) is 2.97. The van der Waals surface area contributed by atoms with Crippen LogP contribution in [0, 0.1) is 0 Å². The van der Waals surface area contributed by atoms with Gasteiger partial charge < -0.3 is 15.2 Å². The number of carbonyl (C=O) groups is 2. The lowest BCUT2D eigenvalue weighted by Gasteiger charge is -2.35. The van der Waals surface area contributed by atoms with Crippen LogP contribution in [0.3, 0.4) is 0 Å². The van der Waals surface area contributed by atoms with E-state index in [1.165, 1.54) is 4.90 Å². The molecule has 0 radical (unpaired) electrons. The van der Waals surface area contributed by atoms with Gasteiger partial charge in [-0.3, -0.25) is 14.5 Å². The number of nitrogens with zero attached hydrogens (tertiary/aromatic N) is 1. The topological polar surface area (TPSA) is 78.9 Å². The van der Waals surface area contributed by atoms with Gasteiger partial charge in [-0.05, 0) is 29.8 Å². The molecular weight excluding hydrogens is 404 g/mol. The summed E-state index contributed by atoms with van der Waals surface area (Å²) in [6, 6.07) is 19.2. The normalized spacial score (nSPS) is 19.7. The summed E-state index contributed by atoms with van der Waals surface area (Å²) >= 11 is 6.33. The second kappa shape index (κ2) is 6.86. The van der Waals surface area contributed by atoms with Crippen LogP contribution in [0.2, 0.25) is 5.02 Å². The third-order valence-electron chi connectivity index (χ3n) is 5.47. The zero-order valence-corrected chi connectivity index (χ0v) is 16.5. The van der Waals surface area contributed by atoms with Crippen molar-refractivity contribution in [3.05, 3.63) is 94.0 Å². The molecule has 2 amide bonds. The minimum absolute atomic E-state index is 0.0590. The molecule has 0 aromatic heterocycles. The zero-order chi connectivity index (χ0) is 20.9. The first kappa shape index (κ1) is 18.7. The third kappa shape index (κ3) is 2.76. The molecule has 3 aromatic carbocycles. The molecule has 0 fully saturated rings. The van der Waals surface area contributed by atoms with Gasteiger partial charge >= 0.3 is 0 Å². The summed E-state index contributed by atoms with van der Waals surface area (Å²) in [4.78, 5) is 26.4. The van der Waals surface area contributed by atoms with Crippen LogP contribution in [0.4, 0.5) is 5.69 Å². The fourth-order valence-electron chi connectivity index (χ4n) is 4.01. The Morgan fingerprint density at radius 1 is 1.07 bits per heavy atom. The molecule has 0 spiro atoms. The minimum Gasteiger partial charge on any atom is -0.482 e. The summed E-state index contributed by atoms with van der Waals surface area (Å²) in [5, 5.41) is 15.2. The van der Waals surface area contributed by atoms with Gasteiger partial charge in [0.1, 0.15) is 5.75 Å². The maximum Gasteiger partial charge on any atom is 0.262 e. The van der Waals surface area contributed by atoms with Crippen molar-refractivity contribution in [3.8, 4) is 5.75 Å². The lowest BCUT2D eigenvalue weighted by Crippen LogP contribution is -2.44. The van der Waals surface area contributed by atoms with Crippen molar-refractivity contribution in [2.45, 2.75) is 12.3 Å². The van der Waals surface area contributed by atoms with Gasteiger partial charge in [-0.15, -0.1) is 0 Å². The van der Waals surface area contributed by atoms with Crippen LogP contribution in [0.15, 0.2) is 66.7 Å². The van der Waals surface area contributed by atoms with Crippen LogP contribution in [0.1, 0.15) is 27.0 Å². The monoisotopic (exact) mass is 420 g/mol. The number of amides is 2. The molecule has 0 bridgehead atoms. The Bertz CT molecular complexity index is 1200. The number of halogens is 1. The van der Waals surface area contributed by atoms with Crippen LogP contribution in [0.5, 0.6) is 5.75 Å².